The Labute approximate surface area is 140 Å². The second-order valence-electron chi connectivity index (χ2n) is 5.94. The van der Waals surface area contributed by atoms with Gasteiger partial charge in [-0.3, -0.25) is 9.59 Å². The van der Waals surface area contributed by atoms with Crippen LogP contribution in [-0.2, 0) is 22.4 Å². The van der Waals surface area contributed by atoms with Gasteiger partial charge in [-0.2, -0.15) is 0 Å². The number of anilines is 2. The first-order chi connectivity index (χ1) is 11.5. The van der Waals surface area contributed by atoms with Crippen LogP contribution < -0.4 is 10.2 Å². The maximum atomic E-state index is 12.9. The van der Waals surface area contributed by atoms with Gasteiger partial charge >= 0.3 is 0 Å². The van der Waals surface area contributed by atoms with Crippen LogP contribution in [0.25, 0.3) is 0 Å². The van der Waals surface area contributed by atoms with E-state index in [2.05, 4.69) is 5.32 Å². The van der Waals surface area contributed by atoms with Crippen molar-refractivity contribution in [1.29, 1.82) is 0 Å². The van der Waals surface area contributed by atoms with E-state index in [9.17, 15) is 14.0 Å². The predicted molar refractivity (Wildman–Crippen MR) is 91.5 cm³/mol. The van der Waals surface area contributed by atoms with Crippen molar-refractivity contribution in [3.63, 3.8) is 0 Å². The van der Waals surface area contributed by atoms with Crippen LogP contribution in [-0.4, -0.2) is 18.4 Å². The van der Waals surface area contributed by atoms with Crippen molar-refractivity contribution in [3.8, 4) is 0 Å². The van der Waals surface area contributed by atoms with Crippen molar-refractivity contribution in [2.75, 3.05) is 16.8 Å². The van der Waals surface area contributed by atoms with Crippen molar-refractivity contribution in [3.05, 3.63) is 59.4 Å². The van der Waals surface area contributed by atoms with Crippen molar-refractivity contribution in [2.24, 2.45) is 0 Å². The highest BCUT2D eigenvalue weighted by Gasteiger charge is 2.22. The van der Waals surface area contributed by atoms with Crippen LogP contribution in [0.4, 0.5) is 15.8 Å². The van der Waals surface area contributed by atoms with E-state index in [0.29, 0.717) is 25.1 Å². The minimum absolute atomic E-state index is 0.00790. The third-order valence-corrected chi connectivity index (χ3v) is 4.20. The van der Waals surface area contributed by atoms with E-state index in [1.165, 1.54) is 12.1 Å². The number of halogens is 1. The lowest BCUT2D eigenvalue weighted by atomic mass is 10.1. The van der Waals surface area contributed by atoms with Gasteiger partial charge < -0.3 is 10.2 Å². The Morgan fingerprint density at radius 1 is 1.17 bits per heavy atom. The van der Waals surface area contributed by atoms with Gasteiger partial charge in [-0.25, -0.2) is 4.39 Å². The molecule has 1 aliphatic rings. The molecule has 2 amide bonds. The Balaban J connectivity index is 1.62. The van der Waals surface area contributed by atoms with E-state index >= 15 is 0 Å². The van der Waals surface area contributed by atoms with E-state index in [0.717, 1.165) is 23.2 Å². The van der Waals surface area contributed by atoms with Crippen LogP contribution in [0, 0.1) is 5.82 Å². The average Bonchev–Trinajstić information content (AvgIpc) is 2.98. The number of hydrogen-bond donors (Lipinski definition) is 1. The highest BCUT2D eigenvalue weighted by atomic mass is 19.1. The van der Waals surface area contributed by atoms with E-state index in [1.807, 2.05) is 18.2 Å². The molecule has 0 unspecified atom stereocenters. The summed E-state index contributed by atoms with van der Waals surface area (Å²) < 4.78 is 12.9. The third kappa shape index (κ3) is 3.62. The van der Waals surface area contributed by atoms with Gasteiger partial charge in [-0.05, 0) is 48.2 Å². The number of fused-ring (bicyclic) bond motifs is 1. The van der Waals surface area contributed by atoms with Crippen molar-refractivity contribution in [1.82, 2.24) is 0 Å². The molecule has 5 heteroatoms. The van der Waals surface area contributed by atoms with E-state index in [1.54, 1.807) is 24.0 Å². The fourth-order valence-corrected chi connectivity index (χ4v) is 2.92. The lowest BCUT2D eigenvalue weighted by Crippen LogP contribution is -2.25. The molecule has 1 aliphatic heterocycles. The maximum Gasteiger partial charge on any atom is 0.224 e. The molecule has 1 heterocycles. The summed E-state index contributed by atoms with van der Waals surface area (Å²) >= 11 is 0. The molecular formula is C19H19FN2O2. The SMILES string of the molecule is CC(=O)N1CCc2ccc(NC(=O)CCc3ccc(F)cc3)cc21. The fraction of sp³-hybridized carbons (Fsp3) is 0.263. The van der Waals surface area contributed by atoms with Crippen LogP contribution >= 0.6 is 0 Å². The van der Waals surface area contributed by atoms with E-state index < -0.39 is 0 Å². The fourth-order valence-electron chi connectivity index (χ4n) is 2.92. The van der Waals surface area contributed by atoms with Gasteiger partial charge in [0, 0.05) is 31.3 Å². The molecule has 124 valence electrons. The number of aryl methyl sites for hydroxylation is 1. The molecule has 1 N–H and O–H groups in total. The molecule has 0 atom stereocenters. The molecule has 0 bridgehead atoms. The zero-order valence-electron chi connectivity index (χ0n) is 13.5. The molecule has 0 spiro atoms. The first-order valence-electron chi connectivity index (χ1n) is 7.98. The average molecular weight is 326 g/mol. The van der Waals surface area contributed by atoms with Gasteiger partial charge in [0.05, 0.1) is 0 Å². The first kappa shape index (κ1) is 16.2. The summed E-state index contributed by atoms with van der Waals surface area (Å²) in [5, 5.41) is 2.86. The third-order valence-electron chi connectivity index (χ3n) is 4.20. The summed E-state index contributed by atoms with van der Waals surface area (Å²) in [7, 11) is 0. The van der Waals surface area contributed by atoms with Crippen molar-refractivity contribution in [2.45, 2.75) is 26.2 Å². The van der Waals surface area contributed by atoms with Crippen LogP contribution in [0.15, 0.2) is 42.5 Å². The summed E-state index contributed by atoms with van der Waals surface area (Å²) in [6.07, 6.45) is 1.71. The Morgan fingerprint density at radius 2 is 1.92 bits per heavy atom. The number of rotatable bonds is 4. The Morgan fingerprint density at radius 3 is 2.62 bits per heavy atom. The lowest BCUT2D eigenvalue weighted by Gasteiger charge is -2.15. The van der Waals surface area contributed by atoms with Crippen LogP contribution in [0.1, 0.15) is 24.5 Å². The number of nitrogens with zero attached hydrogens (tertiary/aromatic N) is 1. The van der Waals surface area contributed by atoms with Crippen LogP contribution in [0.5, 0.6) is 0 Å². The van der Waals surface area contributed by atoms with Gasteiger partial charge in [0.25, 0.3) is 0 Å². The number of benzene rings is 2. The topological polar surface area (TPSA) is 49.4 Å². The second kappa shape index (κ2) is 6.83. The molecule has 2 aromatic carbocycles. The predicted octanol–water partition coefficient (Wildman–Crippen LogP) is 3.31. The molecule has 0 saturated heterocycles. The monoisotopic (exact) mass is 326 g/mol. The van der Waals surface area contributed by atoms with Crippen molar-refractivity contribution >= 4 is 23.2 Å². The molecule has 24 heavy (non-hydrogen) atoms. The van der Waals surface area contributed by atoms with Gasteiger partial charge in [0.1, 0.15) is 5.82 Å². The molecule has 0 saturated carbocycles. The Bertz CT molecular complexity index is 771. The molecule has 0 aliphatic carbocycles. The lowest BCUT2D eigenvalue weighted by molar-refractivity contribution is -0.117. The zero-order valence-corrected chi connectivity index (χ0v) is 13.5. The Kier molecular flexibility index (Phi) is 4.60. The zero-order chi connectivity index (χ0) is 17.1. The summed E-state index contributed by atoms with van der Waals surface area (Å²) in [6.45, 7) is 2.23. The van der Waals surface area contributed by atoms with E-state index in [-0.39, 0.29) is 17.6 Å². The highest BCUT2D eigenvalue weighted by molar-refractivity contribution is 5.96. The maximum absolute atomic E-state index is 12.9. The molecule has 0 fully saturated rings. The normalized spacial score (nSPS) is 12.8. The molecular weight excluding hydrogens is 307 g/mol. The first-order valence-corrected chi connectivity index (χ1v) is 7.98. The number of nitrogens with one attached hydrogen (secondary N) is 1. The van der Waals surface area contributed by atoms with Gasteiger partial charge in [-0.1, -0.05) is 18.2 Å². The summed E-state index contributed by atoms with van der Waals surface area (Å²) in [6, 6.07) is 11.8. The van der Waals surface area contributed by atoms with Gasteiger partial charge in [-0.15, -0.1) is 0 Å². The van der Waals surface area contributed by atoms with E-state index in [4.69, 9.17) is 0 Å². The summed E-state index contributed by atoms with van der Waals surface area (Å²) in [5.74, 6) is -0.378. The van der Waals surface area contributed by atoms with Crippen LogP contribution in [0.3, 0.4) is 0 Å². The molecule has 3 rings (SSSR count). The molecule has 2 aromatic rings. The van der Waals surface area contributed by atoms with Gasteiger partial charge in [0.2, 0.25) is 11.8 Å². The molecule has 0 aromatic heterocycles. The number of carbonyl (C=O) groups excluding carboxylic acids is 2. The number of amides is 2. The van der Waals surface area contributed by atoms with Gasteiger partial charge in [0.15, 0.2) is 0 Å². The van der Waals surface area contributed by atoms with Crippen molar-refractivity contribution < 1.29 is 14.0 Å². The van der Waals surface area contributed by atoms with Crippen LogP contribution in [0.2, 0.25) is 0 Å². The molecule has 4 nitrogen and oxygen atoms in total. The number of hydrogen-bond acceptors (Lipinski definition) is 2. The minimum Gasteiger partial charge on any atom is -0.326 e. The smallest absolute Gasteiger partial charge is 0.224 e. The quantitative estimate of drug-likeness (QED) is 0.937. The highest BCUT2D eigenvalue weighted by Crippen LogP contribution is 2.30. The standard InChI is InChI=1S/C19H19FN2O2/c1-13(23)22-11-10-15-5-8-17(12-18(15)22)21-19(24)9-4-14-2-6-16(20)7-3-14/h2-3,5-8,12H,4,9-11H2,1H3,(H,21,24). The minimum atomic E-state index is -0.281. The largest absolute Gasteiger partial charge is 0.326 e. The summed E-state index contributed by atoms with van der Waals surface area (Å²) in [5.41, 5.74) is 3.60. The number of carbonyl (C=O) groups is 2. The second-order valence-corrected chi connectivity index (χ2v) is 5.94. The molecule has 0 radical (unpaired) electrons. The Hall–Kier alpha value is -2.69. The summed E-state index contributed by atoms with van der Waals surface area (Å²) in [4.78, 5) is 25.5.